The smallest absolute Gasteiger partial charge is 0.259 e. The Balaban J connectivity index is 1.54. The molecule has 2 heterocycles. The van der Waals surface area contributed by atoms with E-state index in [1.54, 1.807) is 0 Å². The van der Waals surface area contributed by atoms with Crippen molar-refractivity contribution >= 4 is 5.91 Å². The highest BCUT2D eigenvalue weighted by Gasteiger charge is 2.28. The molecule has 1 aromatic carbocycles. The van der Waals surface area contributed by atoms with E-state index in [1.165, 1.54) is 5.56 Å². The van der Waals surface area contributed by atoms with Crippen molar-refractivity contribution in [2.24, 2.45) is 0 Å². The molecule has 146 valence electrons. The van der Waals surface area contributed by atoms with Crippen LogP contribution in [0.2, 0.25) is 0 Å². The standard InChI is InChI=1S/C22H31N3O2/c1-17(2)21-20(18(3)23-27-21)22(26)25-14-8-13-24(15-16-25)12-7-11-19-9-5-4-6-10-19/h4-6,9-10,17H,7-8,11-16H2,1-3H3. The summed E-state index contributed by atoms with van der Waals surface area (Å²) in [6, 6.07) is 10.6. The van der Waals surface area contributed by atoms with Crippen LogP contribution in [0.1, 0.15) is 60.0 Å². The maximum Gasteiger partial charge on any atom is 0.259 e. The molecule has 1 aliphatic rings. The number of carbonyl (C=O) groups is 1. The van der Waals surface area contributed by atoms with Crippen LogP contribution < -0.4 is 0 Å². The van der Waals surface area contributed by atoms with Gasteiger partial charge >= 0.3 is 0 Å². The van der Waals surface area contributed by atoms with Crippen LogP contribution in [0.15, 0.2) is 34.9 Å². The van der Waals surface area contributed by atoms with Crippen molar-refractivity contribution in [3.8, 4) is 0 Å². The molecule has 5 nitrogen and oxygen atoms in total. The van der Waals surface area contributed by atoms with Gasteiger partial charge in [0.15, 0.2) is 5.76 Å². The number of rotatable bonds is 6. The molecule has 0 aliphatic carbocycles. The molecule has 1 amide bonds. The van der Waals surface area contributed by atoms with E-state index >= 15 is 0 Å². The third-order valence-electron chi connectivity index (χ3n) is 5.29. The molecule has 5 heteroatoms. The van der Waals surface area contributed by atoms with Crippen LogP contribution in [-0.4, -0.2) is 53.6 Å². The van der Waals surface area contributed by atoms with Gasteiger partial charge in [-0.3, -0.25) is 4.79 Å². The van der Waals surface area contributed by atoms with Gasteiger partial charge in [0.05, 0.1) is 5.69 Å². The summed E-state index contributed by atoms with van der Waals surface area (Å²) in [6.45, 7) is 10.6. The molecule has 3 rings (SSSR count). The van der Waals surface area contributed by atoms with Gasteiger partial charge in [-0.2, -0.15) is 0 Å². The highest BCUT2D eigenvalue weighted by atomic mass is 16.5. The van der Waals surface area contributed by atoms with Crippen LogP contribution in [0.3, 0.4) is 0 Å². The van der Waals surface area contributed by atoms with Gasteiger partial charge in [0.1, 0.15) is 5.56 Å². The molecule has 0 bridgehead atoms. The summed E-state index contributed by atoms with van der Waals surface area (Å²) in [4.78, 5) is 17.5. The number of carbonyl (C=O) groups excluding carboxylic acids is 1. The van der Waals surface area contributed by atoms with E-state index in [0.29, 0.717) is 17.0 Å². The maximum atomic E-state index is 13.1. The largest absolute Gasteiger partial charge is 0.360 e. The molecular formula is C22H31N3O2. The van der Waals surface area contributed by atoms with Crippen molar-refractivity contribution in [3.63, 3.8) is 0 Å². The lowest BCUT2D eigenvalue weighted by molar-refractivity contribution is 0.0758. The Morgan fingerprint density at radius 1 is 1.15 bits per heavy atom. The minimum Gasteiger partial charge on any atom is -0.360 e. The predicted octanol–water partition coefficient (Wildman–Crippen LogP) is 3.89. The quantitative estimate of drug-likeness (QED) is 0.775. The van der Waals surface area contributed by atoms with Crippen LogP contribution >= 0.6 is 0 Å². The number of aromatic nitrogens is 1. The van der Waals surface area contributed by atoms with Gasteiger partial charge in [-0.25, -0.2) is 0 Å². The van der Waals surface area contributed by atoms with E-state index in [2.05, 4.69) is 40.4 Å². The zero-order chi connectivity index (χ0) is 19.2. The fourth-order valence-corrected chi connectivity index (χ4v) is 3.75. The molecule has 0 unspecified atom stereocenters. The Hall–Kier alpha value is -2.14. The number of nitrogens with zero attached hydrogens (tertiary/aromatic N) is 3. The van der Waals surface area contributed by atoms with Gasteiger partial charge in [-0.05, 0) is 44.8 Å². The molecule has 2 aromatic rings. The predicted molar refractivity (Wildman–Crippen MR) is 107 cm³/mol. The van der Waals surface area contributed by atoms with Crippen molar-refractivity contribution < 1.29 is 9.32 Å². The van der Waals surface area contributed by atoms with E-state index in [0.717, 1.165) is 52.0 Å². The summed E-state index contributed by atoms with van der Waals surface area (Å²) in [5.41, 5.74) is 2.77. The van der Waals surface area contributed by atoms with Crippen LogP contribution in [0.4, 0.5) is 0 Å². The fraction of sp³-hybridized carbons (Fsp3) is 0.545. The fourth-order valence-electron chi connectivity index (χ4n) is 3.75. The van der Waals surface area contributed by atoms with Gasteiger partial charge in [0, 0.05) is 25.6 Å². The van der Waals surface area contributed by atoms with Gasteiger partial charge < -0.3 is 14.3 Å². The molecule has 0 radical (unpaired) electrons. The van der Waals surface area contributed by atoms with Gasteiger partial charge in [-0.1, -0.05) is 49.3 Å². The summed E-state index contributed by atoms with van der Waals surface area (Å²) < 4.78 is 5.41. The Morgan fingerprint density at radius 3 is 2.67 bits per heavy atom. The highest BCUT2D eigenvalue weighted by molar-refractivity contribution is 5.96. The van der Waals surface area contributed by atoms with Crippen LogP contribution in [0, 0.1) is 6.92 Å². The molecule has 1 aromatic heterocycles. The topological polar surface area (TPSA) is 49.6 Å². The molecular weight excluding hydrogens is 338 g/mol. The van der Waals surface area contributed by atoms with E-state index < -0.39 is 0 Å². The number of amides is 1. The normalized spacial score (nSPS) is 15.9. The molecule has 1 saturated heterocycles. The van der Waals surface area contributed by atoms with Crippen molar-refractivity contribution in [3.05, 3.63) is 52.9 Å². The van der Waals surface area contributed by atoms with Crippen LogP contribution in [0.5, 0.6) is 0 Å². The first-order valence-electron chi connectivity index (χ1n) is 10.1. The van der Waals surface area contributed by atoms with Crippen molar-refractivity contribution in [1.29, 1.82) is 0 Å². The SMILES string of the molecule is Cc1noc(C(C)C)c1C(=O)N1CCCN(CCCc2ccccc2)CC1. The molecule has 0 saturated carbocycles. The summed E-state index contributed by atoms with van der Waals surface area (Å²) in [5, 5.41) is 4.03. The second-order valence-corrected chi connectivity index (χ2v) is 7.74. The van der Waals surface area contributed by atoms with E-state index in [-0.39, 0.29) is 11.8 Å². The molecule has 27 heavy (non-hydrogen) atoms. The first-order chi connectivity index (χ1) is 13.1. The Morgan fingerprint density at radius 2 is 1.93 bits per heavy atom. The zero-order valence-corrected chi connectivity index (χ0v) is 16.8. The average Bonchev–Trinajstić information content (AvgIpc) is 2.90. The lowest BCUT2D eigenvalue weighted by Crippen LogP contribution is -2.36. The minimum absolute atomic E-state index is 0.0728. The Bertz CT molecular complexity index is 739. The van der Waals surface area contributed by atoms with Gasteiger partial charge in [-0.15, -0.1) is 0 Å². The zero-order valence-electron chi connectivity index (χ0n) is 16.8. The Kier molecular flexibility index (Phi) is 6.67. The van der Waals surface area contributed by atoms with E-state index in [1.807, 2.05) is 25.7 Å². The lowest BCUT2D eigenvalue weighted by Gasteiger charge is -2.22. The van der Waals surface area contributed by atoms with Crippen molar-refractivity contribution in [1.82, 2.24) is 15.0 Å². The summed E-state index contributed by atoms with van der Waals surface area (Å²) in [7, 11) is 0. The molecule has 0 atom stereocenters. The third kappa shape index (κ3) is 4.98. The monoisotopic (exact) mass is 369 g/mol. The first-order valence-corrected chi connectivity index (χ1v) is 10.1. The van der Waals surface area contributed by atoms with Gasteiger partial charge in [0.2, 0.25) is 0 Å². The second-order valence-electron chi connectivity index (χ2n) is 7.74. The summed E-state index contributed by atoms with van der Waals surface area (Å²) in [6.07, 6.45) is 3.27. The molecule has 1 fully saturated rings. The molecule has 1 aliphatic heterocycles. The molecule has 0 N–H and O–H groups in total. The number of hydrogen-bond acceptors (Lipinski definition) is 4. The highest BCUT2D eigenvalue weighted by Crippen LogP contribution is 2.24. The van der Waals surface area contributed by atoms with Gasteiger partial charge in [0.25, 0.3) is 5.91 Å². The molecule has 0 spiro atoms. The van der Waals surface area contributed by atoms with Crippen molar-refractivity contribution in [2.75, 3.05) is 32.7 Å². The first kappa shape index (κ1) is 19.6. The summed E-state index contributed by atoms with van der Waals surface area (Å²) in [5.74, 6) is 0.941. The minimum atomic E-state index is 0.0728. The number of hydrogen-bond donors (Lipinski definition) is 0. The van der Waals surface area contributed by atoms with Crippen LogP contribution in [-0.2, 0) is 6.42 Å². The maximum absolute atomic E-state index is 13.1. The van der Waals surface area contributed by atoms with Crippen molar-refractivity contribution in [2.45, 2.75) is 46.0 Å². The number of benzene rings is 1. The van der Waals surface area contributed by atoms with E-state index in [9.17, 15) is 4.79 Å². The number of aryl methyl sites for hydroxylation is 2. The third-order valence-corrected chi connectivity index (χ3v) is 5.29. The average molecular weight is 370 g/mol. The second kappa shape index (κ2) is 9.18. The summed E-state index contributed by atoms with van der Waals surface area (Å²) >= 11 is 0. The lowest BCUT2D eigenvalue weighted by atomic mass is 10.0. The van der Waals surface area contributed by atoms with Crippen LogP contribution in [0.25, 0.3) is 0 Å². The van der Waals surface area contributed by atoms with E-state index in [4.69, 9.17) is 4.52 Å². The Labute approximate surface area is 162 Å².